The topological polar surface area (TPSA) is 27.1 Å². The van der Waals surface area contributed by atoms with E-state index in [2.05, 4.69) is 5.10 Å². The summed E-state index contributed by atoms with van der Waals surface area (Å²) < 4.78 is 20.1. The summed E-state index contributed by atoms with van der Waals surface area (Å²) in [6, 6.07) is 15.8. The van der Waals surface area contributed by atoms with Crippen molar-refractivity contribution in [2.24, 2.45) is 0 Å². The zero-order valence-corrected chi connectivity index (χ0v) is 10.7. The molecule has 3 aromatic rings. The average molecular weight is 268 g/mol. The first-order valence-corrected chi connectivity index (χ1v) is 6.28. The number of ether oxygens (including phenoxy) is 1. The molecule has 0 radical (unpaired) electrons. The Morgan fingerprint density at radius 2 is 1.75 bits per heavy atom. The number of hydrogen-bond donors (Lipinski definition) is 0. The van der Waals surface area contributed by atoms with Crippen LogP contribution in [0.2, 0.25) is 0 Å². The Bertz CT molecular complexity index is 677. The summed E-state index contributed by atoms with van der Waals surface area (Å²) in [7, 11) is 0. The van der Waals surface area contributed by atoms with Gasteiger partial charge < -0.3 is 4.74 Å². The van der Waals surface area contributed by atoms with E-state index in [0.29, 0.717) is 12.4 Å². The van der Waals surface area contributed by atoms with E-state index in [9.17, 15) is 4.39 Å². The predicted molar refractivity (Wildman–Crippen MR) is 74.3 cm³/mol. The molecular formula is C16H13FN2O. The van der Waals surface area contributed by atoms with Gasteiger partial charge in [-0.05, 0) is 36.4 Å². The monoisotopic (exact) mass is 268 g/mol. The molecule has 0 aliphatic heterocycles. The van der Waals surface area contributed by atoms with Crippen LogP contribution in [0.1, 0.15) is 5.56 Å². The van der Waals surface area contributed by atoms with Crippen LogP contribution < -0.4 is 4.74 Å². The van der Waals surface area contributed by atoms with Crippen molar-refractivity contribution in [1.82, 2.24) is 9.78 Å². The normalized spacial score (nSPS) is 10.4. The number of hydrogen-bond acceptors (Lipinski definition) is 2. The lowest BCUT2D eigenvalue weighted by molar-refractivity contribution is 0.305. The molecule has 0 saturated carbocycles. The van der Waals surface area contributed by atoms with Gasteiger partial charge in [-0.3, -0.25) is 0 Å². The predicted octanol–water partition coefficient (Wildman–Crippen LogP) is 3.59. The van der Waals surface area contributed by atoms with Crippen LogP contribution in [0.5, 0.6) is 5.75 Å². The highest BCUT2D eigenvalue weighted by atomic mass is 19.1. The summed E-state index contributed by atoms with van der Waals surface area (Å²) in [6.07, 6.45) is 3.68. The van der Waals surface area contributed by atoms with Crippen LogP contribution in [0.3, 0.4) is 0 Å². The third-order valence-corrected chi connectivity index (χ3v) is 2.88. The highest BCUT2D eigenvalue weighted by Crippen LogP contribution is 2.14. The highest BCUT2D eigenvalue weighted by Gasteiger charge is 2.02. The first kappa shape index (κ1) is 12.4. The lowest BCUT2D eigenvalue weighted by atomic mass is 10.3. The van der Waals surface area contributed by atoms with E-state index in [1.165, 1.54) is 12.1 Å². The van der Waals surface area contributed by atoms with E-state index in [0.717, 1.165) is 11.3 Å². The summed E-state index contributed by atoms with van der Waals surface area (Å²) in [6.45, 7) is 0.401. The molecule has 0 amide bonds. The quantitative estimate of drug-likeness (QED) is 0.723. The summed E-state index contributed by atoms with van der Waals surface area (Å²) in [5, 5.41) is 4.29. The molecule has 4 heteroatoms. The smallest absolute Gasteiger partial charge is 0.123 e. The molecule has 3 rings (SSSR count). The highest BCUT2D eigenvalue weighted by molar-refractivity contribution is 5.31. The minimum Gasteiger partial charge on any atom is -0.489 e. The fraction of sp³-hybridized carbons (Fsp3) is 0.0625. The maximum absolute atomic E-state index is 12.8. The number of nitrogens with zero attached hydrogens (tertiary/aromatic N) is 2. The lowest BCUT2D eigenvalue weighted by Gasteiger charge is -2.03. The Hall–Kier alpha value is -2.62. The van der Waals surface area contributed by atoms with Crippen molar-refractivity contribution in [1.29, 1.82) is 0 Å². The molecule has 0 atom stereocenters. The van der Waals surface area contributed by atoms with Crippen LogP contribution in [0.25, 0.3) is 5.69 Å². The Balaban J connectivity index is 1.67. The first-order valence-electron chi connectivity index (χ1n) is 6.28. The van der Waals surface area contributed by atoms with Gasteiger partial charge in [0.05, 0.1) is 11.9 Å². The van der Waals surface area contributed by atoms with Gasteiger partial charge in [-0.15, -0.1) is 0 Å². The van der Waals surface area contributed by atoms with Gasteiger partial charge in [-0.1, -0.05) is 18.2 Å². The van der Waals surface area contributed by atoms with Gasteiger partial charge in [-0.25, -0.2) is 9.07 Å². The molecule has 3 nitrogen and oxygen atoms in total. The first-order chi connectivity index (χ1) is 9.81. The van der Waals surface area contributed by atoms with Crippen molar-refractivity contribution >= 4 is 0 Å². The molecule has 0 aliphatic rings. The molecule has 0 bridgehead atoms. The van der Waals surface area contributed by atoms with Crippen molar-refractivity contribution in [3.8, 4) is 11.4 Å². The minimum atomic E-state index is -0.269. The van der Waals surface area contributed by atoms with E-state index in [-0.39, 0.29) is 5.82 Å². The average Bonchev–Trinajstić information content (AvgIpc) is 2.97. The zero-order valence-electron chi connectivity index (χ0n) is 10.7. The third kappa shape index (κ3) is 2.85. The summed E-state index contributed by atoms with van der Waals surface area (Å²) in [4.78, 5) is 0. The van der Waals surface area contributed by atoms with E-state index < -0.39 is 0 Å². The fourth-order valence-corrected chi connectivity index (χ4v) is 1.85. The number of halogens is 1. The second-order valence-electron chi connectivity index (χ2n) is 4.37. The van der Waals surface area contributed by atoms with Crippen LogP contribution in [-0.4, -0.2) is 9.78 Å². The molecule has 0 aliphatic carbocycles. The maximum Gasteiger partial charge on any atom is 0.123 e. The zero-order chi connectivity index (χ0) is 13.8. The van der Waals surface area contributed by atoms with Crippen molar-refractivity contribution in [3.05, 3.63) is 78.4 Å². The minimum absolute atomic E-state index is 0.269. The van der Waals surface area contributed by atoms with Gasteiger partial charge in [0.15, 0.2) is 0 Å². The van der Waals surface area contributed by atoms with Crippen LogP contribution >= 0.6 is 0 Å². The van der Waals surface area contributed by atoms with Gasteiger partial charge in [0.25, 0.3) is 0 Å². The van der Waals surface area contributed by atoms with Crippen LogP contribution in [0, 0.1) is 5.82 Å². The number of benzene rings is 2. The van der Waals surface area contributed by atoms with Gasteiger partial charge >= 0.3 is 0 Å². The second kappa shape index (κ2) is 5.57. The van der Waals surface area contributed by atoms with Crippen molar-refractivity contribution in [2.45, 2.75) is 6.61 Å². The van der Waals surface area contributed by atoms with E-state index in [4.69, 9.17) is 4.74 Å². The molecule has 0 saturated heterocycles. The summed E-state index contributed by atoms with van der Waals surface area (Å²) in [5.74, 6) is 0.369. The van der Waals surface area contributed by atoms with E-state index >= 15 is 0 Å². The van der Waals surface area contributed by atoms with Crippen LogP contribution in [0.15, 0.2) is 67.0 Å². The number of para-hydroxylation sites is 1. The van der Waals surface area contributed by atoms with Crippen molar-refractivity contribution in [2.75, 3.05) is 0 Å². The van der Waals surface area contributed by atoms with Crippen LogP contribution in [-0.2, 0) is 6.61 Å². The van der Waals surface area contributed by atoms with Crippen LogP contribution in [0.4, 0.5) is 4.39 Å². The molecule has 1 heterocycles. The lowest BCUT2D eigenvalue weighted by Crippen LogP contribution is -1.95. The number of aromatic nitrogens is 2. The Morgan fingerprint density at radius 3 is 2.50 bits per heavy atom. The maximum atomic E-state index is 12.8. The molecule has 2 aromatic carbocycles. The fourth-order valence-electron chi connectivity index (χ4n) is 1.85. The van der Waals surface area contributed by atoms with Crippen molar-refractivity contribution in [3.63, 3.8) is 0 Å². The van der Waals surface area contributed by atoms with Gasteiger partial charge in [-0.2, -0.15) is 5.10 Å². The molecule has 1 aromatic heterocycles. The molecule has 0 N–H and O–H groups in total. The van der Waals surface area contributed by atoms with Crippen molar-refractivity contribution < 1.29 is 9.13 Å². The Labute approximate surface area is 116 Å². The van der Waals surface area contributed by atoms with E-state index in [1.807, 2.05) is 36.5 Å². The van der Waals surface area contributed by atoms with E-state index in [1.54, 1.807) is 23.0 Å². The standard InChI is InChI=1S/C16H13FN2O/c17-14-6-8-16(9-7-14)20-12-13-10-18-19(11-13)15-4-2-1-3-5-15/h1-11H,12H2. The number of rotatable bonds is 4. The molecule has 0 fully saturated rings. The Morgan fingerprint density at radius 1 is 1.00 bits per heavy atom. The third-order valence-electron chi connectivity index (χ3n) is 2.88. The largest absolute Gasteiger partial charge is 0.489 e. The molecule has 100 valence electrons. The van der Waals surface area contributed by atoms with Gasteiger partial charge in [0.2, 0.25) is 0 Å². The SMILES string of the molecule is Fc1ccc(OCc2cnn(-c3ccccc3)c2)cc1. The molecule has 0 spiro atoms. The second-order valence-corrected chi connectivity index (χ2v) is 4.37. The molecular weight excluding hydrogens is 255 g/mol. The van der Waals surface area contributed by atoms with Gasteiger partial charge in [0.1, 0.15) is 18.2 Å². The molecule has 0 unspecified atom stereocenters. The van der Waals surface area contributed by atoms with Gasteiger partial charge in [0, 0.05) is 11.8 Å². The summed E-state index contributed by atoms with van der Waals surface area (Å²) in [5.41, 5.74) is 1.96. The Kier molecular flexibility index (Phi) is 3.46. The molecule has 20 heavy (non-hydrogen) atoms. The summed E-state index contributed by atoms with van der Waals surface area (Å²) >= 11 is 0.